The maximum atomic E-state index is 13.3. The first kappa shape index (κ1) is 16.5. The summed E-state index contributed by atoms with van der Waals surface area (Å²) < 4.78 is 13.6. The van der Waals surface area contributed by atoms with E-state index in [1.807, 2.05) is 0 Å². The van der Waals surface area contributed by atoms with Gasteiger partial charge in [-0.1, -0.05) is 33.6 Å². The van der Waals surface area contributed by atoms with Gasteiger partial charge in [-0.2, -0.15) is 0 Å². The normalized spacial score (nSPS) is 22.9. The molecule has 1 aromatic rings. The van der Waals surface area contributed by atoms with Gasteiger partial charge in [-0.3, -0.25) is 4.79 Å². The molecular weight excluding hydrogens is 333 g/mol. The van der Waals surface area contributed by atoms with Crippen molar-refractivity contribution in [2.24, 2.45) is 11.3 Å². The van der Waals surface area contributed by atoms with E-state index in [0.717, 1.165) is 19.3 Å². The smallest absolute Gasteiger partial charge is 0.251 e. The van der Waals surface area contributed by atoms with Gasteiger partial charge in [0, 0.05) is 11.6 Å². The summed E-state index contributed by atoms with van der Waals surface area (Å²) in [4.78, 5) is 12.4. The summed E-state index contributed by atoms with van der Waals surface area (Å²) >= 11 is 3.13. The van der Waals surface area contributed by atoms with Crippen molar-refractivity contribution in [1.82, 2.24) is 5.32 Å². The first-order chi connectivity index (χ1) is 9.79. The van der Waals surface area contributed by atoms with Gasteiger partial charge in [0.25, 0.3) is 5.91 Å². The standard InChI is InChI=1S/C17H23BrFNO/c1-17(2,3)12-6-4-5-7-15(12)20-16(21)11-8-9-14(19)13(18)10-11/h8-10,12,15H,4-7H2,1-3H3,(H,20,21). The van der Waals surface area contributed by atoms with Crippen LogP contribution in [0, 0.1) is 17.2 Å². The van der Waals surface area contributed by atoms with Crippen LogP contribution in [0.4, 0.5) is 4.39 Å². The Bertz CT molecular complexity index is 524. The first-order valence-electron chi connectivity index (χ1n) is 7.55. The third-order valence-electron chi connectivity index (χ3n) is 4.38. The molecule has 1 aliphatic rings. The summed E-state index contributed by atoms with van der Waals surface area (Å²) in [6.45, 7) is 6.70. The SMILES string of the molecule is CC(C)(C)C1CCCCC1NC(=O)c1ccc(F)c(Br)c1. The molecule has 0 aromatic heterocycles. The summed E-state index contributed by atoms with van der Waals surface area (Å²) in [5, 5.41) is 3.16. The molecule has 0 aliphatic heterocycles. The molecule has 2 unspecified atom stereocenters. The van der Waals surface area contributed by atoms with Crippen molar-refractivity contribution in [2.75, 3.05) is 0 Å². The third kappa shape index (κ3) is 4.06. The maximum Gasteiger partial charge on any atom is 0.251 e. The van der Waals surface area contributed by atoms with E-state index in [1.54, 1.807) is 6.07 Å². The molecule has 21 heavy (non-hydrogen) atoms. The van der Waals surface area contributed by atoms with Gasteiger partial charge in [0.05, 0.1) is 4.47 Å². The highest BCUT2D eigenvalue weighted by atomic mass is 79.9. The summed E-state index contributed by atoms with van der Waals surface area (Å²) in [6, 6.07) is 4.60. The molecule has 0 bridgehead atoms. The second-order valence-electron chi connectivity index (χ2n) is 6.97. The molecule has 4 heteroatoms. The van der Waals surface area contributed by atoms with Crippen molar-refractivity contribution in [2.45, 2.75) is 52.5 Å². The predicted molar refractivity (Wildman–Crippen MR) is 86.8 cm³/mol. The highest BCUT2D eigenvalue weighted by Gasteiger charge is 2.35. The number of rotatable bonds is 2. The fourth-order valence-electron chi connectivity index (χ4n) is 3.23. The van der Waals surface area contributed by atoms with Crippen molar-refractivity contribution >= 4 is 21.8 Å². The number of benzene rings is 1. The average molecular weight is 356 g/mol. The molecule has 1 fully saturated rings. The quantitative estimate of drug-likeness (QED) is 0.800. The molecule has 0 spiro atoms. The Morgan fingerprint density at radius 1 is 1.29 bits per heavy atom. The zero-order valence-electron chi connectivity index (χ0n) is 12.9. The van der Waals surface area contributed by atoms with Crippen LogP contribution >= 0.6 is 15.9 Å². The van der Waals surface area contributed by atoms with Crippen LogP contribution in [0.2, 0.25) is 0 Å². The number of carbonyl (C=O) groups is 1. The van der Waals surface area contributed by atoms with Crippen LogP contribution in [0.5, 0.6) is 0 Å². The molecule has 2 nitrogen and oxygen atoms in total. The summed E-state index contributed by atoms with van der Waals surface area (Å²) in [6.07, 6.45) is 4.57. The second kappa shape index (κ2) is 6.47. The molecule has 116 valence electrons. The van der Waals surface area contributed by atoms with Crippen molar-refractivity contribution < 1.29 is 9.18 Å². The van der Waals surface area contributed by atoms with E-state index in [9.17, 15) is 9.18 Å². The van der Waals surface area contributed by atoms with Crippen molar-refractivity contribution in [3.8, 4) is 0 Å². The van der Waals surface area contributed by atoms with E-state index in [2.05, 4.69) is 42.0 Å². The van der Waals surface area contributed by atoms with E-state index in [-0.39, 0.29) is 23.2 Å². The van der Waals surface area contributed by atoms with Gasteiger partial charge in [0.1, 0.15) is 5.82 Å². The van der Waals surface area contributed by atoms with Crippen molar-refractivity contribution in [3.05, 3.63) is 34.1 Å². The minimum Gasteiger partial charge on any atom is -0.349 e. The number of carbonyl (C=O) groups excluding carboxylic acids is 1. The molecular formula is C17H23BrFNO. The largest absolute Gasteiger partial charge is 0.349 e. The predicted octanol–water partition coefficient (Wildman–Crippen LogP) is 4.92. The fourth-order valence-corrected chi connectivity index (χ4v) is 3.61. The summed E-state index contributed by atoms with van der Waals surface area (Å²) in [5.74, 6) is 0.0210. The zero-order valence-corrected chi connectivity index (χ0v) is 14.5. The Labute approximate surface area is 134 Å². The molecule has 0 heterocycles. The van der Waals surface area contributed by atoms with Gasteiger partial charge in [-0.25, -0.2) is 4.39 Å². The lowest BCUT2D eigenvalue weighted by Gasteiger charge is -2.40. The van der Waals surface area contributed by atoms with Gasteiger partial charge in [0.15, 0.2) is 0 Å². The van der Waals surface area contributed by atoms with Gasteiger partial charge in [-0.05, 0) is 58.3 Å². The van der Waals surface area contributed by atoms with Crippen LogP contribution in [-0.2, 0) is 0 Å². The average Bonchev–Trinajstić information content (AvgIpc) is 2.41. The highest BCUT2D eigenvalue weighted by molar-refractivity contribution is 9.10. The van der Waals surface area contributed by atoms with E-state index in [0.29, 0.717) is 16.0 Å². The molecule has 2 atom stereocenters. The number of amides is 1. The van der Waals surface area contributed by atoms with Crippen molar-refractivity contribution in [1.29, 1.82) is 0 Å². The van der Waals surface area contributed by atoms with Crippen LogP contribution in [0.3, 0.4) is 0 Å². The Balaban J connectivity index is 2.11. The van der Waals surface area contributed by atoms with Crippen LogP contribution in [0.15, 0.2) is 22.7 Å². The summed E-state index contributed by atoms with van der Waals surface area (Å²) in [7, 11) is 0. The van der Waals surface area contributed by atoms with Crippen molar-refractivity contribution in [3.63, 3.8) is 0 Å². The minimum absolute atomic E-state index is 0.114. The monoisotopic (exact) mass is 355 g/mol. The lowest BCUT2D eigenvalue weighted by molar-refractivity contribution is 0.0830. The number of hydrogen-bond donors (Lipinski definition) is 1. The molecule has 1 aromatic carbocycles. The molecule has 0 saturated heterocycles. The number of nitrogens with one attached hydrogen (secondary N) is 1. The Morgan fingerprint density at radius 3 is 2.57 bits per heavy atom. The molecule has 1 N–H and O–H groups in total. The van der Waals surface area contributed by atoms with E-state index in [1.165, 1.54) is 18.6 Å². The van der Waals surface area contributed by atoms with Crippen LogP contribution in [0.1, 0.15) is 56.8 Å². The molecule has 1 aliphatic carbocycles. The molecule has 1 saturated carbocycles. The summed E-state index contributed by atoms with van der Waals surface area (Å²) in [5.41, 5.74) is 0.684. The zero-order chi connectivity index (χ0) is 15.6. The Hall–Kier alpha value is -0.900. The van der Waals surface area contributed by atoms with Gasteiger partial charge in [-0.15, -0.1) is 0 Å². The number of halogens is 2. The topological polar surface area (TPSA) is 29.1 Å². The van der Waals surface area contributed by atoms with Crippen LogP contribution < -0.4 is 5.32 Å². The fraction of sp³-hybridized carbons (Fsp3) is 0.588. The van der Waals surface area contributed by atoms with Gasteiger partial charge >= 0.3 is 0 Å². The van der Waals surface area contributed by atoms with Gasteiger partial charge in [0.2, 0.25) is 0 Å². The third-order valence-corrected chi connectivity index (χ3v) is 4.98. The molecule has 1 amide bonds. The second-order valence-corrected chi connectivity index (χ2v) is 7.82. The number of hydrogen-bond acceptors (Lipinski definition) is 1. The van der Waals surface area contributed by atoms with E-state index in [4.69, 9.17) is 0 Å². The lowest BCUT2D eigenvalue weighted by Crippen LogP contribution is -2.46. The first-order valence-corrected chi connectivity index (χ1v) is 8.34. The van der Waals surface area contributed by atoms with E-state index >= 15 is 0 Å². The Morgan fingerprint density at radius 2 is 1.95 bits per heavy atom. The lowest BCUT2D eigenvalue weighted by atomic mass is 9.69. The van der Waals surface area contributed by atoms with Crippen LogP contribution in [0.25, 0.3) is 0 Å². The highest BCUT2D eigenvalue weighted by Crippen LogP contribution is 2.38. The minimum atomic E-state index is -0.350. The van der Waals surface area contributed by atoms with Gasteiger partial charge < -0.3 is 5.32 Å². The molecule has 0 radical (unpaired) electrons. The van der Waals surface area contributed by atoms with Crippen LogP contribution in [-0.4, -0.2) is 11.9 Å². The maximum absolute atomic E-state index is 13.3. The molecule has 2 rings (SSSR count). The van der Waals surface area contributed by atoms with E-state index < -0.39 is 0 Å². The Kier molecular flexibility index (Phi) is 5.07.